The van der Waals surface area contributed by atoms with E-state index in [1.165, 1.54) is 0 Å². The van der Waals surface area contributed by atoms with E-state index in [-0.39, 0.29) is 0 Å². The topological polar surface area (TPSA) is 46.5 Å². The average molecular weight is 298 g/mol. The SMILES string of the molecule is Cc1ccc(C)c(CC(Oc2ccc(C)c(C)c2)C(=O)O)c1. The lowest BCUT2D eigenvalue weighted by Gasteiger charge is -2.17. The van der Waals surface area contributed by atoms with E-state index in [0.29, 0.717) is 12.2 Å². The van der Waals surface area contributed by atoms with Crippen LogP contribution in [0.15, 0.2) is 36.4 Å². The van der Waals surface area contributed by atoms with Gasteiger partial charge >= 0.3 is 5.97 Å². The Labute approximate surface area is 131 Å². The van der Waals surface area contributed by atoms with E-state index in [4.69, 9.17) is 4.74 Å². The smallest absolute Gasteiger partial charge is 0.345 e. The molecule has 0 aliphatic carbocycles. The molecular weight excluding hydrogens is 276 g/mol. The lowest BCUT2D eigenvalue weighted by molar-refractivity contribution is -0.145. The van der Waals surface area contributed by atoms with E-state index < -0.39 is 12.1 Å². The molecule has 22 heavy (non-hydrogen) atoms. The summed E-state index contributed by atoms with van der Waals surface area (Å²) in [5.74, 6) is -0.347. The molecule has 1 N–H and O–H groups in total. The van der Waals surface area contributed by atoms with Crippen LogP contribution in [0.2, 0.25) is 0 Å². The second-order valence-corrected chi connectivity index (χ2v) is 5.82. The summed E-state index contributed by atoms with van der Waals surface area (Å²) < 4.78 is 5.71. The molecule has 0 heterocycles. The van der Waals surface area contributed by atoms with Crippen molar-refractivity contribution in [2.45, 2.75) is 40.2 Å². The van der Waals surface area contributed by atoms with Gasteiger partial charge in [-0.1, -0.05) is 29.8 Å². The maximum atomic E-state index is 11.5. The van der Waals surface area contributed by atoms with Gasteiger partial charge in [-0.2, -0.15) is 0 Å². The number of aryl methyl sites for hydroxylation is 4. The molecule has 0 spiro atoms. The number of ether oxygens (including phenoxy) is 1. The van der Waals surface area contributed by atoms with Crippen LogP contribution in [0, 0.1) is 27.7 Å². The summed E-state index contributed by atoms with van der Waals surface area (Å²) in [6.45, 7) is 8.00. The van der Waals surface area contributed by atoms with E-state index in [2.05, 4.69) is 0 Å². The second-order valence-electron chi connectivity index (χ2n) is 5.82. The monoisotopic (exact) mass is 298 g/mol. The molecule has 0 radical (unpaired) electrons. The molecule has 2 aromatic rings. The van der Waals surface area contributed by atoms with Crippen LogP contribution in [0.3, 0.4) is 0 Å². The minimum Gasteiger partial charge on any atom is -0.478 e. The predicted octanol–water partition coefficient (Wildman–Crippen LogP) is 3.99. The first-order chi connectivity index (χ1) is 10.4. The average Bonchev–Trinajstić information content (AvgIpc) is 2.45. The van der Waals surface area contributed by atoms with Crippen LogP contribution < -0.4 is 4.74 Å². The highest BCUT2D eigenvalue weighted by atomic mass is 16.5. The van der Waals surface area contributed by atoms with Crippen molar-refractivity contribution in [1.29, 1.82) is 0 Å². The minimum absolute atomic E-state index is 0.357. The summed E-state index contributed by atoms with van der Waals surface area (Å²) in [7, 11) is 0. The molecule has 3 heteroatoms. The Kier molecular flexibility index (Phi) is 4.86. The zero-order chi connectivity index (χ0) is 16.3. The Balaban J connectivity index is 2.21. The molecule has 3 nitrogen and oxygen atoms in total. The van der Waals surface area contributed by atoms with E-state index in [0.717, 1.165) is 27.8 Å². The third kappa shape index (κ3) is 3.88. The molecule has 0 fully saturated rings. The fourth-order valence-corrected chi connectivity index (χ4v) is 2.35. The van der Waals surface area contributed by atoms with Crippen LogP contribution >= 0.6 is 0 Å². The molecule has 0 aliphatic rings. The van der Waals surface area contributed by atoms with Gasteiger partial charge < -0.3 is 9.84 Å². The molecule has 1 atom stereocenters. The van der Waals surface area contributed by atoms with E-state index in [1.807, 2.05) is 64.1 Å². The van der Waals surface area contributed by atoms with Gasteiger partial charge in [0, 0.05) is 6.42 Å². The molecule has 116 valence electrons. The van der Waals surface area contributed by atoms with Crippen molar-refractivity contribution < 1.29 is 14.6 Å². The lowest BCUT2D eigenvalue weighted by atomic mass is 10.00. The van der Waals surface area contributed by atoms with Gasteiger partial charge in [0.1, 0.15) is 5.75 Å². The molecule has 2 rings (SSSR count). The number of benzene rings is 2. The molecule has 0 saturated heterocycles. The van der Waals surface area contributed by atoms with Crippen molar-refractivity contribution >= 4 is 5.97 Å². The maximum absolute atomic E-state index is 11.5. The van der Waals surface area contributed by atoms with Gasteiger partial charge in [-0.15, -0.1) is 0 Å². The van der Waals surface area contributed by atoms with Crippen LogP contribution in [0.4, 0.5) is 0 Å². The lowest BCUT2D eigenvalue weighted by Crippen LogP contribution is -2.29. The Morgan fingerprint density at radius 2 is 1.68 bits per heavy atom. The number of hydrogen-bond acceptors (Lipinski definition) is 2. The Morgan fingerprint density at radius 1 is 1.00 bits per heavy atom. The fraction of sp³-hybridized carbons (Fsp3) is 0.316. The van der Waals surface area contributed by atoms with Crippen molar-refractivity contribution in [2.24, 2.45) is 0 Å². The highest BCUT2D eigenvalue weighted by molar-refractivity contribution is 5.73. The van der Waals surface area contributed by atoms with Crippen LogP contribution in [-0.4, -0.2) is 17.2 Å². The predicted molar refractivity (Wildman–Crippen MR) is 87.6 cm³/mol. The number of carboxylic acid groups (broad SMARTS) is 1. The first-order valence-electron chi connectivity index (χ1n) is 7.39. The van der Waals surface area contributed by atoms with Gasteiger partial charge in [0.15, 0.2) is 6.10 Å². The van der Waals surface area contributed by atoms with Crippen LogP contribution in [0.5, 0.6) is 5.75 Å². The normalized spacial score (nSPS) is 12.0. The minimum atomic E-state index is -0.945. The van der Waals surface area contributed by atoms with Crippen LogP contribution in [0.25, 0.3) is 0 Å². The molecule has 0 aliphatic heterocycles. The van der Waals surface area contributed by atoms with Crippen molar-refractivity contribution in [3.8, 4) is 5.75 Å². The summed E-state index contributed by atoms with van der Waals surface area (Å²) in [6.07, 6.45) is -0.530. The van der Waals surface area contributed by atoms with Gasteiger partial charge in [0.25, 0.3) is 0 Å². The Morgan fingerprint density at radius 3 is 2.32 bits per heavy atom. The van der Waals surface area contributed by atoms with Gasteiger partial charge in [-0.3, -0.25) is 0 Å². The number of rotatable bonds is 5. The second kappa shape index (κ2) is 6.65. The molecule has 1 unspecified atom stereocenters. The molecule has 2 aromatic carbocycles. The summed E-state index contributed by atoms with van der Waals surface area (Å²) in [5, 5.41) is 9.45. The highest BCUT2D eigenvalue weighted by Crippen LogP contribution is 2.20. The molecule has 0 bridgehead atoms. The number of carbonyl (C=O) groups is 1. The largest absolute Gasteiger partial charge is 0.478 e. The summed E-state index contributed by atoms with van der Waals surface area (Å²) in [6, 6.07) is 11.7. The molecule has 0 amide bonds. The van der Waals surface area contributed by atoms with E-state index in [9.17, 15) is 9.90 Å². The van der Waals surface area contributed by atoms with Crippen molar-refractivity contribution in [3.63, 3.8) is 0 Å². The Hall–Kier alpha value is -2.29. The quantitative estimate of drug-likeness (QED) is 0.907. The van der Waals surface area contributed by atoms with Crippen LogP contribution in [-0.2, 0) is 11.2 Å². The number of aliphatic carboxylic acids is 1. The van der Waals surface area contributed by atoms with Gasteiger partial charge in [0.2, 0.25) is 0 Å². The third-order valence-corrected chi connectivity index (χ3v) is 3.94. The van der Waals surface area contributed by atoms with Gasteiger partial charge in [-0.05, 0) is 62.1 Å². The van der Waals surface area contributed by atoms with Crippen molar-refractivity contribution in [1.82, 2.24) is 0 Å². The van der Waals surface area contributed by atoms with Crippen molar-refractivity contribution in [2.75, 3.05) is 0 Å². The highest BCUT2D eigenvalue weighted by Gasteiger charge is 2.21. The first-order valence-corrected chi connectivity index (χ1v) is 7.39. The standard InChI is InChI=1S/C19H22O3/c1-12-5-6-14(3)16(9-12)11-18(19(20)21)22-17-8-7-13(2)15(4)10-17/h5-10,18H,11H2,1-4H3,(H,20,21). The van der Waals surface area contributed by atoms with E-state index in [1.54, 1.807) is 0 Å². The molecular formula is C19H22O3. The zero-order valence-electron chi connectivity index (χ0n) is 13.5. The molecule has 0 saturated carbocycles. The summed E-state index contributed by atoms with van der Waals surface area (Å²) in [5.41, 5.74) is 5.47. The van der Waals surface area contributed by atoms with Crippen molar-refractivity contribution in [3.05, 3.63) is 64.2 Å². The fourth-order valence-electron chi connectivity index (χ4n) is 2.35. The first kappa shape index (κ1) is 16.1. The van der Waals surface area contributed by atoms with Crippen LogP contribution in [0.1, 0.15) is 27.8 Å². The number of carboxylic acids is 1. The van der Waals surface area contributed by atoms with Gasteiger partial charge in [0.05, 0.1) is 0 Å². The number of hydrogen-bond donors (Lipinski definition) is 1. The zero-order valence-corrected chi connectivity index (χ0v) is 13.5. The van der Waals surface area contributed by atoms with E-state index >= 15 is 0 Å². The maximum Gasteiger partial charge on any atom is 0.345 e. The molecule has 0 aromatic heterocycles. The Bertz CT molecular complexity index is 689. The summed E-state index contributed by atoms with van der Waals surface area (Å²) in [4.78, 5) is 11.5. The third-order valence-electron chi connectivity index (χ3n) is 3.94. The summed E-state index contributed by atoms with van der Waals surface area (Å²) >= 11 is 0. The van der Waals surface area contributed by atoms with Gasteiger partial charge in [-0.25, -0.2) is 4.79 Å².